The number of primary amides is 1. The molecule has 1 amide bonds. The van der Waals surface area contributed by atoms with E-state index in [9.17, 15) is 34.8 Å². The average Bonchev–Trinajstić information content (AvgIpc) is 3.40. The van der Waals surface area contributed by atoms with E-state index in [1.54, 1.807) is 14.1 Å². The van der Waals surface area contributed by atoms with Gasteiger partial charge in [0.25, 0.3) is 5.91 Å². The van der Waals surface area contributed by atoms with Crippen LogP contribution in [0, 0.1) is 11.8 Å². The topological polar surface area (TPSA) is 177 Å². The molecule has 4 atom stereocenters. The van der Waals surface area contributed by atoms with Crippen molar-refractivity contribution in [2.45, 2.75) is 43.9 Å². The summed E-state index contributed by atoms with van der Waals surface area (Å²) in [6.07, 6.45) is 2.58. The third-order valence-electron chi connectivity index (χ3n) is 8.85. The summed E-state index contributed by atoms with van der Waals surface area (Å²) in [6.45, 7) is 4.19. The molecule has 7 N–H and O–H groups in total. The van der Waals surface area contributed by atoms with Crippen LogP contribution in [0.15, 0.2) is 28.7 Å². The Morgan fingerprint density at radius 2 is 1.90 bits per heavy atom. The van der Waals surface area contributed by atoms with Crippen molar-refractivity contribution in [3.63, 3.8) is 0 Å². The third kappa shape index (κ3) is 4.31. The predicted molar refractivity (Wildman–Crippen MR) is 146 cm³/mol. The zero-order valence-corrected chi connectivity index (χ0v) is 23.3. The number of hydrogen-bond donors (Lipinski definition) is 6. The molecule has 1 heterocycles. The summed E-state index contributed by atoms with van der Waals surface area (Å²) in [5.41, 5.74) is 2.62. The molecule has 40 heavy (non-hydrogen) atoms. The van der Waals surface area contributed by atoms with E-state index in [0.717, 1.165) is 26.2 Å². The number of halogens is 1. The normalized spacial score (nSPS) is 28.7. The first-order valence-corrected chi connectivity index (χ1v) is 13.9. The van der Waals surface area contributed by atoms with E-state index in [1.807, 2.05) is 0 Å². The third-order valence-corrected chi connectivity index (χ3v) is 9.32. The van der Waals surface area contributed by atoms with Crippen LogP contribution in [0.2, 0.25) is 5.02 Å². The number of aliphatic hydroxyl groups excluding tert-OH is 2. The molecule has 1 fully saturated rings. The number of nitrogens with zero attached hydrogens (tertiary/aromatic N) is 2. The monoisotopic (exact) mass is 574 g/mol. The number of allylic oxidation sites excluding steroid dienone is 1. The number of likely N-dealkylation sites (tertiary alicyclic amines) is 1. The summed E-state index contributed by atoms with van der Waals surface area (Å²) >= 11 is 6.78. The van der Waals surface area contributed by atoms with Gasteiger partial charge in [0, 0.05) is 36.1 Å². The van der Waals surface area contributed by atoms with Gasteiger partial charge in [0.1, 0.15) is 22.8 Å². The molecule has 1 saturated heterocycles. The van der Waals surface area contributed by atoms with Gasteiger partial charge in [-0.3, -0.25) is 19.3 Å². The van der Waals surface area contributed by atoms with Crippen LogP contribution in [0.1, 0.15) is 40.7 Å². The number of likely N-dealkylation sites (N-methyl/N-ethyl adjacent to an activating group) is 1. The van der Waals surface area contributed by atoms with Gasteiger partial charge >= 0.3 is 0 Å². The highest BCUT2D eigenvalue weighted by Gasteiger charge is 2.63. The van der Waals surface area contributed by atoms with Crippen LogP contribution in [-0.2, 0) is 22.6 Å². The van der Waals surface area contributed by atoms with Gasteiger partial charge in [-0.25, -0.2) is 0 Å². The van der Waals surface area contributed by atoms with E-state index in [-0.39, 0.29) is 29.7 Å². The molecule has 216 valence electrons. The standard InChI is InChI=1S/C28H35ClN4O7/c1-32(2)22-16-10-13-9-15-19(17(34)11-14(21(15)29)12-31-5-8-33-6-3-4-7-33)23(35)18(13)25(37)28(16,40)26(38)20(24(22)36)27(30)39/h11,13,16,22,31,34,36-37,40H,3-10,12H2,1-2H3,(H2,30,39)/t13-,16-,22-,28-/m0/s1. The number of ketones is 2. The molecule has 1 aromatic rings. The van der Waals surface area contributed by atoms with Crippen molar-refractivity contribution < 1.29 is 34.8 Å². The van der Waals surface area contributed by atoms with Crippen molar-refractivity contribution in [2.75, 3.05) is 40.3 Å². The maximum atomic E-state index is 13.7. The Morgan fingerprint density at radius 1 is 1.23 bits per heavy atom. The van der Waals surface area contributed by atoms with Crippen LogP contribution < -0.4 is 11.1 Å². The molecule has 0 bridgehead atoms. The molecular weight excluding hydrogens is 540 g/mol. The number of hydrogen-bond acceptors (Lipinski definition) is 10. The van der Waals surface area contributed by atoms with E-state index in [4.69, 9.17) is 17.3 Å². The quantitative estimate of drug-likeness (QED) is 0.203. The number of benzene rings is 1. The first-order chi connectivity index (χ1) is 18.9. The molecule has 0 spiro atoms. The number of fused-ring (bicyclic) bond motifs is 3. The zero-order valence-electron chi connectivity index (χ0n) is 22.5. The summed E-state index contributed by atoms with van der Waals surface area (Å²) in [6, 6.07) is 0.375. The van der Waals surface area contributed by atoms with Gasteiger partial charge in [0.2, 0.25) is 5.78 Å². The maximum Gasteiger partial charge on any atom is 0.255 e. The van der Waals surface area contributed by atoms with Crippen LogP contribution in [0.25, 0.3) is 0 Å². The van der Waals surface area contributed by atoms with Gasteiger partial charge in [-0.1, -0.05) is 11.6 Å². The fourth-order valence-electron chi connectivity index (χ4n) is 6.95. The summed E-state index contributed by atoms with van der Waals surface area (Å²) in [4.78, 5) is 43.0. The maximum absolute atomic E-state index is 13.7. The lowest BCUT2D eigenvalue weighted by atomic mass is 9.58. The molecule has 11 nitrogen and oxygen atoms in total. The van der Waals surface area contributed by atoms with E-state index in [0.29, 0.717) is 22.7 Å². The van der Waals surface area contributed by atoms with Crippen molar-refractivity contribution in [1.29, 1.82) is 0 Å². The van der Waals surface area contributed by atoms with E-state index < -0.39 is 58.0 Å². The lowest BCUT2D eigenvalue weighted by Crippen LogP contribution is -2.63. The molecule has 0 aromatic heterocycles. The molecular formula is C28H35ClN4O7. The number of amides is 1. The van der Waals surface area contributed by atoms with Gasteiger partial charge in [-0.05, 0) is 76.0 Å². The Bertz CT molecular complexity index is 1350. The molecule has 1 aliphatic heterocycles. The lowest BCUT2D eigenvalue weighted by Gasteiger charge is -2.50. The molecule has 12 heteroatoms. The molecule has 4 aliphatic rings. The van der Waals surface area contributed by atoms with E-state index >= 15 is 0 Å². The highest BCUT2D eigenvalue weighted by Crippen LogP contribution is 2.53. The summed E-state index contributed by atoms with van der Waals surface area (Å²) in [7, 11) is 3.18. The number of aromatic hydroxyl groups is 1. The van der Waals surface area contributed by atoms with Crippen molar-refractivity contribution in [3.05, 3.63) is 50.4 Å². The van der Waals surface area contributed by atoms with Crippen molar-refractivity contribution in [2.24, 2.45) is 17.6 Å². The zero-order chi connectivity index (χ0) is 29.1. The van der Waals surface area contributed by atoms with Gasteiger partial charge in [-0.2, -0.15) is 0 Å². The molecule has 1 aromatic carbocycles. The number of Topliss-reactive ketones (excluding diaryl/α,β-unsaturated/α-hetero) is 2. The number of phenols is 1. The molecule has 5 rings (SSSR count). The van der Waals surface area contributed by atoms with Crippen LogP contribution in [0.4, 0.5) is 0 Å². The molecule has 3 aliphatic carbocycles. The second-order valence-corrected chi connectivity index (χ2v) is 11.8. The minimum Gasteiger partial charge on any atom is -0.510 e. The van der Waals surface area contributed by atoms with E-state index in [1.165, 1.54) is 23.8 Å². The lowest BCUT2D eigenvalue weighted by molar-refractivity contribution is -0.148. The number of carbonyl (C=O) groups is 3. The van der Waals surface area contributed by atoms with E-state index in [2.05, 4.69) is 10.2 Å². The van der Waals surface area contributed by atoms with Gasteiger partial charge in [0.15, 0.2) is 11.4 Å². The Kier molecular flexibility index (Phi) is 7.47. The van der Waals surface area contributed by atoms with Crippen molar-refractivity contribution >= 4 is 29.1 Å². The van der Waals surface area contributed by atoms with Crippen LogP contribution in [0.5, 0.6) is 5.75 Å². The summed E-state index contributed by atoms with van der Waals surface area (Å²) in [5, 5.41) is 48.4. The highest BCUT2D eigenvalue weighted by molar-refractivity contribution is 6.33. The van der Waals surface area contributed by atoms with Gasteiger partial charge in [0.05, 0.1) is 11.6 Å². The van der Waals surface area contributed by atoms with Crippen molar-refractivity contribution in [1.82, 2.24) is 15.1 Å². The smallest absolute Gasteiger partial charge is 0.255 e. The first-order valence-electron chi connectivity index (χ1n) is 13.5. The number of phenolic OH excluding ortho intramolecular Hbond substituents is 1. The minimum absolute atomic E-state index is 0.0150. The number of carbonyl (C=O) groups excluding carboxylic acids is 3. The largest absolute Gasteiger partial charge is 0.510 e. The Labute approximate surface area is 236 Å². The summed E-state index contributed by atoms with van der Waals surface area (Å²) in [5.74, 6) is -6.83. The summed E-state index contributed by atoms with van der Waals surface area (Å²) < 4.78 is 0. The first kappa shape index (κ1) is 28.6. The van der Waals surface area contributed by atoms with Crippen LogP contribution >= 0.6 is 11.6 Å². The second kappa shape index (κ2) is 10.5. The highest BCUT2D eigenvalue weighted by atomic mass is 35.5. The number of nitrogens with one attached hydrogen (secondary N) is 1. The number of rotatable bonds is 7. The average molecular weight is 575 g/mol. The SMILES string of the molecule is CN(C)[C@@H]1C(O)=C(C(N)=O)C(=O)[C@@]2(O)C(O)=C3C(=O)c4c(O)cc(CNCCN5CCCC5)c(Cl)c4C[C@H]3C[C@@H]12. The number of nitrogens with two attached hydrogens (primary N) is 1. The van der Waals surface area contributed by atoms with Crippen molar-refractivity contribution in [3.8, 4) is 5.75 Å². The van der Waals surface area contributed by atoms with Crippen LogP contribution in [-0.4, -0.2) is 99.6 Å². The number of aliphatic hydroxyl groups is 3. The van der Waals surface area contributed by atoms with Crippen LogP contribution in [0.3, 0.4) is 0 Å². The Hall–Kier alpha value is -2.96. The molecule has 0 unspecified atom stereocenters. The van der Waals surface area contributed by atoms with Gasteiger partial charge in [-0.15, -0.1) is 0 Å². The molecule has 0 radical (unpaired) electrons. The molecule has 0 saturated carbocycles. The Morgan fingerprint density at radius 3 is 2.52 bits per heavy atom. The predicted octanol–water partition coefficient (Wildman–Crippen LogP) is 0.959. The fourth-order valence-corrected chi connectivity index (χ4v) is 7.24. The fraction of sp³-hybridized carbons (Fsp3) is 0.536. The Balaban J connectivity index is 1.51. The minimum atomic E-state index is -2.66. The second-order valence-electron chi connectivity index (χ2n) is 11.4. The van der Waals surface area contributed by atoms with Gasteiger partial charge < -0.3 is 36.4 Å².